The Balaban J connectivity index is 1.19. The molecule has 0 unspecified atom stereocenters. The number of benzene rings is 2. The summed E-state index contributed by atoms with van der Waals surface area (Å²) >= 11 is 3.35. The zero-order chi connectivity index (χ0) is 21.4. The molecule has 31 heavy (non-hydrogen) atoms. The Bertz CT molecular complexity index is 1240. The van der Waals surface area contributed by atoms with Gasteiger partial charge in [0.2, 0.25) is 0 Å². The zero-order valence-corrected chi connectivity index (χ0v) is 19.7. The lowest BCUT2D eigenvalue weighted by Crippen LogP contribution is -2.27. The predicted molar refractivity (Wildman–Crippen MR) is 131 cm³/mol. The predicted octanol–water partition coefficient (Wildman–Crippen LogP) is 4.55. The molecule has 0 radical (unpaired) electrons. The van der Waals surface area contributed by atoms with Gasteiger partial charge >= 0.3 is 0 Å². The number of aromatic nitrogens is 1. The fraction of sp³-hybridized carbons (Fsp3) is 0.364. The van der Waals surface area contributed by atoms with Crippen molar-refractivity contribution in [2.24, 2.45) is 4.99 Å². The summed E-state index contributed by atoms with van der Waals surface area (Å²) in [5.74, 6) is 1.17. The number of amidine groups is 1. The highest BCUT2D eigenvalue weighted by Gasteiger charge is 2.33. The van der Waals surface area contributed by atoms with E-state index in [0.717, 1.165) is 40.5 Å². The molecule has 2 fully saturated rings. The molecule has 5 rings (SSSR count). The Hall–Kier alpha value is -2.10. The van der Waals surface area contributed by atoms with Crippen molar-refractivity contribution >= 4 is 59.1 Å². The highest BCUT2D eigenvalue weighted by atomic mass is 32.2. The molecule has 1 aromatic heterocycles. The molecule has 2 aromatic carbocycles. The monoisotopic (exact) mass is 472 g/mol. The van der Waals surface area contributed by atoms with E-state index in [1.807, 2.05) is 11.8 Å². The molecule has 2 aliphatic rings. The molecule has 1 N–H and O–H groups in total. The van der Waals surface area contributed by atoms with E-state index >= 15 is 0 Å². The number of thiazole rings is 1. The number of sulfone groups is 1. The normalized spacial score (nSPS) is 20.0. The van der Waals surface area contributed by atoms with Crippen molar-refractivity contribution in [3.05, 3.63) is 48.0 Å². The van der Waals surface area contributed by atoms with Crippen LogP contribution in [0.4, 0.5) is 10.8 Å². The Labute approximate surface area is 190 Å². The van der Waals surface area contributed by atoms with E-state index in [9.17, 15) is 8.42 Å². The number of rotatable bonds is 6. The molecule has 2 saturated heterocycles. The number of hydrogen-bond donors (Lipinski definition) is 1. The summed E-state index contributed by atoms with van der Waals surface area (Å²) in [6.45, 7) is 1.90. The molecule has 2 aliphatic heterocycles. The third-order valence-corrected chi connectivity index (χ3v) is 8.89. The fourth-order valence-electron chi connectivity index (χ4n) is 3.98. The molecule has 3 heterocycles. The van der Waals surface area contributed by atoms with Crippen LogP contribution >= 0.6 is 23.1 Å². The minimum atomic E-state index is -3.21. The molecule has 0 amide bonds. The topological polar surface area (TPSA) is 74.7 Å². The number of nitrogens with zero attached hydrogens (tertiary/aromatic N) is 3. The van der Waals surface area contributed by atoms with Crippen LogP contribution in [0.3, 0.4) is 0 Å². The lowest BCUT2D eigenvalue weighted by Gasteiger charge is -2.16. The quantitative estimate of drug-likeness (QED) is 0.567. The molecular formula is C22H24N4O2S3. The van der Waals surface area contributed by atoms with Gasteiger partial charge < -0.3 is 10.2 Å². The highest BCUT2D eigenvalue weighted by molar-refractivity contribution is 8.14. The molecule has 162 valence electrons. The van der Waals surface area contributed by atoms with E-state index < -0.39 is 9.84 Å². The lowest BCUT2D eigenvalue weighted by atomic mass is 10.1. The van der Waals surface area contributed by atoms with Crippen molar-refractivity contribution in [3.8, 4) is 0 Å². The number of anilines is 1. The second kappa shape index (κ2) is 8.44. The van der Waals surface area contributed by atoms with Crippen LogP contribution in [0, 0.1) is 0 Å². The second-order valence-electron chi connectivity index (χ2n) is 7.96. The van der Waals surface area contributed by atoms with Gasteiger partial charge in [-0.1, -0.05) is 35.2 Å². The van der Waals surface area contributed by atoms with Crippen molar-refractivity contribution in [2.75, 3.05) is 30.4 Å². The van der Waals surface area contributed by atoms with Crippen molar-refractivity contribution in [1.82, 2.24) is 9.88 Å². The summed E-state index contributed by atoms with van der Waals surface area (Å²) in [5.41, 5.74) is 3.07. The average molecular weight is 473 g/mol. The standard InChI is InChI=1S/C22H24N4O2S3/c1-31(27,28)18-8-9-19-20(13-18)30-21(25-19)23-11-10-15-4-6-16(7-5-15)24-22-26-12-2-3-17(26)14-29-22/h4-9,13,17H,2-3,10-12,14H2,1H3,(H,23,25)/t17-/m0/s1. The van der Waals surface area contributed by atoms with Crippen molar-refractivity contribution < 1.29 is 8.42 Å². The van der Waals surface area contributed by atoms with Gasteiger partial charge in [-0.3, -0.25) is 0 Å². The molecule has 0 aliphatic carbocycles. The largest absolute Gasteiger partial charge is 0.361 e. The van der Waals surface area contributed by atoms with Crippen molar-refractivity contribution in [2.45, 2.75) is 30.2 Å². The van der Waals surface area contributed by atoms with E-state index in [-0.39, 0.29) is 0 Å². The first kappa shape index (κ1) is 20.8. The van der Waals surface area contributed by atoms with Gasteiger partial charge in [-0.15, -0.1) is 0 Å². The molecule has 6 nitrogen and oxygen atoms in total. The zero-order valence-electron chi connectivity index (χ0n) is 17.2. The van der Waals surface area contributed by atoms with Crippen LogP contribution in [0.25, 0.3) is 10.2 Å². The van der Waals surface area contributed by atoms with Gasteiger partial charge in [0.05, 0.1) is 20.8 Å². The molecule has 9 heteroatoms. The van der Waals surface area contributed by atoms with Gasteiger partial charge in [-0.05, 0) is 55.2 Å². The summed E-state index contributed by atoms with van der Waals surface area (Å²) in [5, 5.41) is 5.34. The van der Waals surface area contributed by atoms with Crippen LogP contribution in [0.2, 0.25) is 0 Å². The van der Waals surface area contributed by atoms with Gasteiger partial charge in [-0.25, -0.2) is 18.4 Å². The SMILES string of the molecule is CS(=O)(=O)c1ccc2nc(NCCc3ccc(N=C4SC[C@@H]5CCCN45)cc3)sc2c1. The lowest BCUT2D eigenvalue weighted by molar-refractivity contribution is 0.440. The Kier molecular flexibility index (Phi) is 5.66. The fourth-order valence-corrected chi connectivity index (χ4v) is 6.90. The van der Waals surface area contributed by atoms with Gasteiger partial charge in [0.15, 0.2) is 20.1 Å². The van der Waals surface area contributed by atoms with Gasteiger partial charge in [0, 0.05) is 31.1 Å². The van der Waals surface area contributed by atoms with E-state index in [4.69, 9.17) is 4.99 Å². The molecular weight excluding hydrogens is 448 g/mol. The summed E-state index contributed by atoms with van der Waals surface area (Å²) in [7, 11) is -3.21. The summed E-state index contributed by atoms with van der Waals surface area (Å²) in [4.78, 5) is 12.2. The molecule has 0 saturated carbocycles. The van der Waals surface area contributed by atoms with Crippen molar-refractivity contribution in [3.63, 3.8) is 0 Å². The molecule has 0 bridgehead atoms. The summed E-state index contributed by atoms with van der Waals surface area (Å²) in [6, 6.07) is 14.2. The van der Waals surface area contributed by atoms with E-state index in [0.29, 0.717) is 10.9 Å². The minimum absolute atomic E-state index is 0.329. The van der Waals surface area contributed by atoms with Crippen LogP contribution in [-0.4, -0.2) is 54.6 Å². The molecule has 3 aromatic rings. The Morgan fingerprint density at radius 2 is 2.06 bits per heavy atom. The van der Waals surface area contributed by atoms with Crippen LogP contribution < -0.4 is 5.32 Å². The summed E-state index contributed by atoms with van der Waals surface area (Å²) < 4.78 is 24.4. The Morgan fingerprint density at radius 3 is 2.87 bits per heavy atom. The number of nitrogens with one attached hydrogen (secondary N) is 1. The van der Waals surface area contributed by atoms with E-state index in [1.165, 1.54) is 46.9 Å². The Morgan fingerprint density at radius 1 is 1.23 bits per heavy atom. The number of aliphatic imine (C=N–C) groups is 1. The first-order chi connectivity index (χ1) is 15.0. The van der Waals surface area contributed by atoms with Gasteiger partial charge in [-0.2, -0.15) is 0 Å². The maximum absolute atomic E-state index is 11.7. The first-order valence-electron chi connectivity index (χ1n) is 10.4. The van der Waals surface area contributed by atoms with Crippen LogP contribution in [0.5, 0.6) is 0 Å². The third-order valence-electron chi connectivity index (χ3n) is 5.67. The average Bonchev–Trinajstić information content (AvgIpc) is 3.45. The van der Waals surface area contributed by atoms with Crippen LogP contribution in [0.1, 0.15) is 18.4 Å². The van der Waals surface area contributed by atoms with Crippen LogP contribution in [0.15, 0.2) is 52.4 Å². The van der Waals surface area contributed by atoms with Gasteiger partial charge in [0.25, 0.3) is 0 Å². The molecule has 1 atom stereocenters. The highest BCUT2D eigenvalue weighted by Crippen LogP contribution is 2.33. The van der Waals surface area contributed by atoms with E-state index in [1.54, 1.807) is 18.2 Å². The second-order valence-corrected chi connectivity index (χ2v) is 12.0. The first-order valence-corrected chi connectivity index (χ1v) is 14.1. The van der Waals surface area contributed by atoms with Crippen molar-refractivity contribution in [1.29, 1.82) is 0 Å². The summed E-state index contributed by atoms with van der Waals surface area (Å²) in [6.07, 6.45) is 4.68. The number of hydrogen-bond acceptors (Lipinski definition) is 7. The number of fused-ring (bicyclic) bond motifs is 2. The minimum Gasteiger partial charge on any atom is -0.361 e. The molecule has 0 spiro atoms. The maximum Gasteiger partial charge on any atom is 0.183 e. The number of thioether (sulfide) groups is 1. The maximum atomic E-state index is 11.7. The van der Waals surface area contributed by atoms with Gasteiger partial charge in [0.1, 0.15) is 0 Å². The third kappa shape index (κ3) is 4.58. The smallest absolute Gasteiger partial charge is 0.183 e. The van der Waals surface area contributed by atoms with E-state index in [2.05, 4.69) is 39.5 Å². The van der Waals surface area contributed by atoms with Crippen LogP contribution in [-0.2, 0) is 16.3 Å².